The molecule has 0 atom stereocenters. The third kappa shape index (κ3) is 10.8. The van der Waals surface area contributed by atoms with E-state index in [-0.39, 0.29) is 5.28 Å². The molecule has 0 aliphatic rings. The number of anilines is 1. The van der Waals surface area contributed by atoms with Crippen molar-refractivity contribution in [3.8, 4) is 24.7 Å². The molecule has 2 aromatic rings. The number of carbonyl (C=O) groups is 2. The van der Waals surface area contributed by atoms with E-state index < -0.39 is 11.9 Å². The van der Waals surface area contributed by atoms with Gasteiger partial charge in [-0.25, -0.2) is 29.5 Å². The van der Waals surface area contributed by atoms with Crippen LogP contribution >= 0.6 is 11.6 Å². The number of nitrogens with one attached hydrogen (secondary N) is 1. The number of nitrogens with two attached hydrogens (primary N) is 1. The van der Waals surface area contributed by atoms with Gasteiger partial charge in [-0.15, -0.1) is 12.8 Å². The van der Waals surface area contributed by atoms with E-state index in [0.29, 0.717) is 66.2 Å². The van der Waals surface area contributed by atoms with Gasteiger partial charge in [-0.1, -0.05) is 11.8 Å². The highest BCUT2D eigenvalue weighted by Crippen LogP contribution is 2.14. The molecule has 10 nitrogen and oxygen atoms in total. The van der Waals surface area contributed by atoms with E-state index in [1.165, 1.54) is 0 Å². The third-order valence-corrected chi connectivity index (χ3v) is 4.11. The molecule has 0 unspecified atom stereocenters. The number of rotatable bonds is 6. The molecule has 0 fully saturated rings. The Bertz CT molecular complexity index is 1050. The second-order valence-corrected chi connectivity index (χ2v) is 6.88. The van der Waals surface area contributed by atoms with Crippen LogP contribution in [-0.2, 0) is 9.47 Å². The standard InChI is InChI=1S/C12H15N3O2.C9H11ClN2O2.C3H5N/c1-5-7-13-12-14-8(3)10(9(4)15-12)11(16)17-6-2;1-4-14-8(13)7-5(2)11-9(10)12-6(7)3;1-2-3-4/h1H,6-7H2,2-4H3,(H,13,14,15);4H2,1-3H3;1H,3-4H2. The first kappa shape index (κ1) is 31.3. The molecule has 188 valence electrons. The van der Waals surface area contributed by atoms with E-state index >= 15 is 0 Å². The van der Waals surface area contributed by atoms with Crippen molar-refractivity contribution in [2.24, 2.45) is 5.73 Å². The second kappa shape index (κ2) is 16.8. The Morgan fingerprint density at radius 3 is 1.54 bits per heavy atom. The van der Waals surface area contributed by atoms with Crippen molar-refractivity contribution in [3.05, 3.63) is 39.2 Å². The van der Waals surface area contributed by atoms with Gasteiger partial charge in [0.1, 0.15) is 11.1 Å². The van der Waals surface area contributed by atoms with Crippen molar-refractivity contribution >= 4 is 29.5 Å². The summed E-state index contributed by atoms with van der Waals surface area (Å²) in [6.07, 6.45) is 9.78. The van der Waals surface area contributed by atoms with Crippen molar-refractivity contribution in [2.75, 3.05) is 31.6 Å². The van der Waals surface area contributed by atoms with E-state index in [0.717, 1.165) is 0 Å². The van der Waals surface area contributed by atoms with Crippen molar-refractivity contribution in [3.63, 3.8) is 0 Å². The number of aryl methyl sites for hydroxylation is 4. The Morgan fingerprint density at radius 1 is 0.857 bits per heavy atom. The van der Waals surface area contributed by atoms with Gasteiger partial charge in [0.05, 0.1) is 49.1 Å². The molecule has 2 aromatic heterocycles. The van der Waals surface area contributed by atoms with Gasteiger partial charge < -0.3 is 20.5 Å². The van der Waals surface area contributed by atoms with Crippen LogP contribution in [0.4, 0.5) is 5.95 Å². The van der Waals surface area contributed by atoms with Gasteiger partial charge in [0.25, 0.3) is 0 Å². The predicted octanol–water partition coefficient (Wildman–Crippen LogP) is 2.82. The molecule has 2 rings (SSSR count). The minimum absolute atomic E-state index is 0.146. The minimum atomic E-state index is -0.404. The summed E-state index contributed by atoms with van der Waals surface area (Å²) in [6, 6.07) is 0. The average Bonchev–Trinajstić information content (AvgIpc) is 2.77. The predicted molar refractivity (Wildman–Crippen MR) is 135 cm³/mol. The zero-order valence-corrected chi connectivity index (χ0v) is 21.6. The number of terminal acetylenes is 2. The fourth-order valence-corrected chi connectivity index (χ4v) is 2.85. The first-order valence-corrected chi connectivity index (χ1v) is 11.0. The molecule has 0 aliphatic heterocycles. The molecule has 35 heavy (non-hydrogen) atoms. The molecule has 0 aromatic carbocycles. The molecule has 0 saturated heterocycles. The summed E-state index contributed by atoms with van der Waals surface area (Å²) in [5, 5.41) is 3.01. The normalized spacial score (nSPS) is 9.20. The molecular weight excluding hydrogens is 472 g/mol. The third-order valence-electron chi connectivity index (χ3n) is 3.94. The van der Waals surface area contributed by atoms with Crippen LogP contribution in [0.3, 0.4) is 0 Å². The van der Waals surface area contributed by atoms with Gasteiger partial charge in [-0.05, 0) is 53.1 Å². The number of aromatic nitrogens is 4. The largest absolute Gasteiger partial charge is 0.462 e. The van der Waals surface area contributed by atoms with Crippen LogP contribution in [0.1, 0.15) is 57.3 Å². The molecule has 0 amide bonds. The molecular formula is C24H31ClN6O4. The van der Waals surface area contributed by atoms with Gasteiger partial charge in [-0.3, -0.25) is 0 Å². The van der Waals surface area contributed by atoms with Crippen molar-refractivity contribution < 1.29 is 19.1 Å². The van der Waals surface area contributed by atoms with Gasteiger partial charge in [-0.2, -0.15) is 0 Å². The molecule has 11 heteroatoms. The van der Waals surface area contributed by atoms with E-state index in [4.69, 9.17) is 33.2 Å². The summed E-state index contributed by atoms with van der Waals surface area (Å²) in [5.41, 5.74) is 7.85. The highest BCUT2D eigenvalue weighted by atomic mass is 35.5. The van der Waals surface area contributed by atoms with E-state index in [1.807, 2.05) is 0 Å². The van der Waals surface area contributed by atoms with Crippen molar-refractivity contribution in [1.82, 2.24) is 19.9 Å². The van der Waals surface area contributed by atoms with Crippen LogP contribution in [0.15, 0.2) is 0 Å². The topological polar surface area (TPSA) is 142 Å². The van der Waals surface area contributed by atoms with Crippen LogP contribution in [0.2, 0.25) is 5.28 Å². The smallest absolute Gasteiger partial charge is 0.341 e. The molecule has 0 bridgehead atoms. The van der Waals surface area contributed by atoms with Crippen LogP contribution in [-0.4, -0.2) is 58.2 Å². The molecule has 0 spiro atoms. The number of esters is 2. The van der Waals surface area contributed by atoms with Crippen molar-refractivity contribution in [2.45, 2.75) is 41.5 Å². The van der Waals surface area contributed by atoms with Gasteiger partial charge in [0.2, 0.25) is 11.2 Å². The lowest BCUT2D eigenvalue weighted by Gasteiger charge is -2.09. The van der Waals surface area contributed by atoms with E-state index in [9.17, 15) is 9.59 Å². The summed E-state index contributed by atoms with van der Waals surface area (Å²) in [7, 11) is 0. The Balaban J connectivity index is 0.000000581. The maximum atomic E-state index is 11.7. The number of nitrogens with zero attached hydrogens (tertiary/aromatic N) is 4. The molecule has 0 radical (unpaired) electrons. The Hall–Kier alpha value is -3.73. The molecule has 2 heterocycles. The Labute approximate surface area is 211 Å². The zero-order chi connectivity index (χ0) is 27.0. The zero-order valence-electron chi connectivity index (χ0n) is 20.9. The number of carbonyl (C=O) groups excluding carboxylic acids is 2. The van der Waals surface area contributed by atoms with Crippen LogP contribution in [0, 0.1) is 52.4 Å². The number of hydrogen-bond acceptors (Lipinski definition) is 10. The summed E-state index contributed by atoms with van der Waals surface area (Å²) in [6.45, 7) is 11.7. The van der Waals surface area contributed by atoms with Gasteiger partial charge in [0.15, 0.2) is 0 Å². The molecule has 0 aliphatic carbocycles. The SMILES string of the molecule is C#CCN.C#CCNc1nc(C)c(C(=O)OCC)c(C)n1.CCOC(=O)c1c(C)nc(Cl)nc1C. The Morgan fingerprint density at radius 2 is 1.23 bits per heavy atom. The summed E-state index contributed by atoms with van der Waals surface area (Å²) >= 11 is 5.63. The fraction of sp³-hybridized carbons (Fsp3) is 0.417. The highest BCUT2D eigenvalue weighted by Gasteiger charge is 2.17. The van der Waals surface area contributed by atoms with Gasteiger partial charge >= 0.3 is 11.9 Å². The number of ether oxygens (including phenoxy) is 2. The molecule has 3 N–H and O–H groups in total. The highest BCUT2D eigenvalue weighted by molar-refractivity contribution is 6.28. The van der Waals surface area contributed by atoms with Crippen LogP contribution in [0.25, 0.3) is 0 Å². The number of halogens is 1. The maximum Gasteiger partial charge on any atom is 0.341 e. The Kier molecular flexibility index (Phi) is 15.0. The first-order chi connectivity index (χ1) is 16.6. The van der Waals surface area contributed by atoms with E-state index in [1.54, 1.807) is 41.5 Å². The fourth-order valence-electron chi connectivity index (χ4n) is 2.60. The summed E-state index contributed by atoms with van der Waals surface area (Å²) in [5.74, 6) is 4.26. The van der Waals surface area contributed by atoms with Crippen LogP contribution < -0.4 is 11.1 Å². The first-order valence-electron chi connectivity index (χ1n) is 10.6. The van der Waals surface area contributed by atoms with E-state index in [2.05, 4.69) is 43.5 Å². The summed E-state index contributed by atoms with van der Waals surface area (Å²) in [4.78, 5) is 39.2. The monoisotopic (exact) mass is 502 g/mol. The average molecular weight is 503 g/mol. The van der Waals surface area contributed by atoms with Gasteiger partial charge in [0, 0.05) is 0 Å². The maximum absolute atomic E-state index is 11.7. The van der Waals surface area contributed by atoms with Crippen molar-refractivity contribution in [1.29, 1.82) is 0 Å². The molecule has 0 saturated carbocycles. The lowest BCUT2D eigenvalue weighted by molar-refractivity contribution is 0.0513. The second-order valence-electron chi connectivity index (χ2n) is 6.54. The quantitative estimate of drug-likeness (QED) is 0.344. The minimum Gasteiger partial charge on any atom is -0.462 e. The number of hydrogen-bond donors (Lipinski definition) is 2. The lowest BCUT2D eigenvalue weighted by atomic mass is 10.2. The van der Waals surface area contributed by atoms with Crippen LogP contribution in [0.5, 0.6) is 0 Å². The summed E-state index contributed by atoms with van der Waals surface area (Å²) < 4.78 is 9.81. The lowest BCUT2D eigenvalue weighted by Crippen LogP contribution is -2.14.